The monoisotopic (exact) mass is 297 g/mol. The van der Waals surface area contributed by atoms with Gasteiger partial charge in [0.2, 0.25) is 0 Å². The molecule has 0 bridgehead atoms. The second-order valence-corrected chi connectivity index (χ2v) is 3.53. The topological polar surface area (TPSA) is 50.2 Å². The van der Waals surface area contributed by atoms with Crippen LogP contribution in [0.15, 0.2) is 6.07 Å². The molecule has 3 nitrogen and oxygen atoms in total. The summed E-state index contributed by atoms with van der Waals surface area (Å²) in [6.07, 6.45) is -3.60. The van der Waals surface area contributed by atoms with Crippen LogP contribution in [0.25, 0.3) is 0 Å². The zero-order valence-electron chi connectivity index (χ0n) is 7.88. The average Bonchev–Trinajstić information content (AvgIpc) is 2.16. The summed E-state index contributed by atoms with van der Waals surface area (Å²) in [6.45, 7) is 0. The molecule has 1 aromatic rings. The van der Waals surface area contributed by atoms with Crippen molar-refractivity contribution in [3.8, 4) is 0 Å². The molecular weight excluding hydrogens is 291 g/mol. The molecule has 0 radical (unpaired) electrons. The summed E-state index contributed by atoms with van der Waals surface area (Å²) in [5, 5.41) is 8.48. The minimum absolute atomic E-state index is 0.00803. The maximum Gasteiger partial charge on any atom is 0.307 e. The van der Waals surface area contributed by atoms with Crippen molar-refractivity contribution in [2.75, 3.05) is 0 Å². The predicted molar refractivity (Wildman–Crippen MR) is 53.1 cm³/mol. The molecule has 1 aromatic heterocycles. The van der Waals surface area contributed by atoms with Crippen molar-refractivity contribution in [3.63, 3.8) is 0 Å². The van der Waals surface area contributed by atoms with E-state index in [0.717, 1.165) is 6.07 Å². The highest BCUT2D eigenvalue weighted by Gasteiger charge is 2.20. The first-order valence-electron chi connectivity index (χ1n) is 4.19. The Kier molecular flexibility index (Phi) is 4.28. The Morgan fingerprint density at radius 3 is 2.62 bits per heavy atom. The number of carboxylic acid groups (broad SMARTS) is 1. The van der Waals surface area contributed by atoms with E-state index in [1.807, 2.05) is 0 Å². The molecule has 0 saturated heterocycles. The summed E-state index contributed by atoms with van der Waals surface area (Å²) >= 11 is 2.90. The zero-order valence-corrected chi connectivity index (χ0v) is 9.47. The Balaban J connectivity index is 3.24. The summed E-state index contributed by atoms with van der Waals surface area (Å²) in [7, 11) is 0. The minimum Gasteiger partial charge on any atom is -0.481 e. The van der Waals surface area contributed by atoms with E-state index in [4.69, 9.17) is 5.11 Å². The van der Waals surface area contributed by atoms with Crippen molar-refractivity contribution in [1.82, 2.24) is 4.98 Å². The molecule has 0 amide bonds. The number of alkyl halides is 3. The summed E-state index contributed by atoms with van der Waals surface area (Å²) in [5.74, 6) is -2.10. The van der Waals surface area contributed by atoms with Crippen molar-refractivity contribution >= 4 is 21.9 Å². The maximum atomic E-state index is 13.2. The Labute approximate surface area is 97.4 Å². The molecule has 1 heterocycles. The molecule has 0 fully saturated rings. The standard InChI is InChI=1S/C9H7BrF3NO2/c10-3-6-5(11)1-4(2-7(15)16)8(14-6)9(12)13/h1,9H,2-3H2,(H,15,16). The van der Waals surface area contributed by atoms with Gasteiger partial charge in [-0.2, -0.15) is 0 Å². The molecule has 0 spiro atoms. The summed E-state index contributed by atoms with van der Waals surface area (Å²) < 4.78 is 38.3. The number of aliphatic carboxylic acids is 1. The van der Waals surface area contributed by atoms with Gasteiger partial charge in [0.05, 0.1) is 12.1 Å². The van der Waals surface area contributed by atoms with Gasteiger partial charge in [-0.15, -0.1) is 0 Å². The molecule has 0 atom stereocenters. The molecule has 0 saturated carbocycles. The Hall–Kier alpha value is -1.11. The smallest absolute Gasteiger partial charge is 0.307 e. The van der Waals surface area contributed by atoms with Crippen LogP contribution in [0.4, 0.5) is 13.2 Å². The first-order chi connectivity index (χ1) is 7.45. The lowest BCUT2D eigenvalue weighted by Gasteiger charge is -2.08. The van der Waals surface area contributed by atoms with Crippen LogP contribution < -0.4 is 0 Å². The lowest BCUT2D eigenvalue weighted by molar-refractivity contribution is -0.136. The molecule has 0 unspecified atom stereocenters. The van der Waals surface area contributed by atoms with Gasteiger partial charge in [-0.1, -0.05) is 15.9 Å². The van der Waals surface area contributed by atoms with E-state index in [1.165, 1.54) is 0 Å². The van der Waals surface area contributed by atoms with Crippen molar-refractivity contribution in [2.45, 2.75) is 18.2 Å². The van der Waals surface area contributed by atoms with Gasteiger partial charge >= 0.3 is 5.97 Å². The normalized spacial score (nSPS) is 10.8. The third-order valence-corrected chi connectivity index (χ3v) is 2.37. The van der Waals surface area contributed by atoms with Crippen LogP contribution in [0.1, 0.15) is 23.4 Å². The lowest BCUT2D eigenvalue weighted by Crippen LogP contribution is -2.09. The van der Waals surface area contributed by atoms with E-state index in [1.54, 1.807) is 0 Å². The highest BCUT2D eigenvalue weighted by Crippen LogP contribution is 2.24. The van der Waals surface area contributed by atoms with Gasteiger partial charge in [-0.05, 0) is 11.6 Å². The van der Waals surface area contributed by atoms with E-state index in [-0.39, 0.29) is 16.6 Å². The van der Waals surface area contributed by atoms with E-state index >= 15 is 0 Å². The fraction of sp³-hybridized carbons (Fsp3) is 0.333. The Bertz CT molecular complexity index is 412. The van der Waals surface area contributed by atoms with Crippen LogP contribution in [0.3, 0.4) is 0 Å². The molecule has 0 aliphatic carbocycles. The van der Waals surface area contributed by atoms with Crippen LogP contribution in [0.5, 0.6) is 0 Å². The average molecular weight is 298 g/mol. The third-order valence-electron chi connectivity index (χ3n) is 1.84. The van der Waals surface area contributed by atoms with E-state index < -0.39 is 30.3 Å². The Morgan fingerprint density at radius 1 is 1.56 bits per heavy atom. The number of hydrogen-bond donors (Lipinski definition) is 1. The van der Waals surface area contributed by atoms with Gasteiger partial charge in [0.1, 0.15) is 11.5 Å². The number of rotatable bonds is 4. The van der Waals surface area contributed by atoms with Crippen LogP contribution in [-0.2, 0) is 16.5 Å². The van der Waals surface area contributed by atoms with Crippen molar-refractivity contribution in [1.29, 1.82) is 0 Å². The number of pyridine rings is 1. The predicted octanol–water partition coefficient (Wildman–Crippen LogP) is 2.68. The third kappa shape index (κ3) is 2.94. The number of hydrogen-bond acceptors (Lipinski definition) is 2. The van der Waals surface area contributed by atoms with Crippen molar-refractivity contribution < 1.29 is 23.1 Å². The van der Waals surface area contributed by atoms with Crippen LogP contribution in [-0.4, -0.2) is 16.1 Å². The maximum absolute atomic E-state index is 13.2. The molecule has 1 N–H and O–H groups in total. The SMILES string of the molecule is O=C(O)Cc1cc(F)c(CBr)nc1C(F)F. The fourth-order valence-electron chi connectivity index (χ4n) is 1.17. The molecule has 0 aromatic carbocycles. The molecule has 16 heavy (non-hydrogen) atoms. The number of carbonyl (C=O) groups is 1. The second kappa shape index (κ2) is 5.29. The first-order valence-corrected chi connectivity index (χ1v) is 5.32. The summed E-state index contributed by atoms with van der Waals surface area (Å²) in [6, 6.07) is 0.791. The molecule has 0 aliphatic rings. The molecule has 1 rings (SSSR count). The minimum atomic E-state index is -2.92. The highest BCUT2D eigenvalue weighted by atomic mass is 79.9. The summed E-state index contributed by atoms with van der Waals surface area (Å²) in [4.78, 5) is 13.8. The van der Waals surface area contributed by atoms with Gasteiger partial charge in [0.15, 0.2) is 0 Å². The largest absolute Gasteiger partial charge is 0.481 e. The van der Waals surface area contributed by atoms with Crippen molar-refractivity contribution in [2.24, 2.45) is 0 Å². The van der Waals surface area contributed by atoms with Gasteiger partial charge in [0, 0.05) is 5.33 Å². The van der Waals surface area contributed by atoms with E-state index in [9.17, 15) is 18.0 Å². The molecular formula is C9H7BrF3NO2. The lowest BCUT2D eigenvalue weighted by atomic mass is 10.1. The number of aromatic nitrogens is 1. The van der Waals surface area contributed by atoms with Gasteiger partial charge < -0.3 is 5.11 Å². The summed E-state index contributed by atoms with van der Waals surface area (Å²) in [5.41, 5.74) is -1.15. The van der Waals surface area contributed by atoms with Gasteiger partial charge in [0.25, 0.3) is 6.43 Å². The highest BCUT2D eigenvalue weighted by molar-refractivity contribution is 9.08. The molecule has 7 heteroatoms. The quantitative estimate of drug-likeness (QED) is 0.869. The van der Waals surface area contributed by atoms with Crippen LogP contribution in [0.2, 0.25) is 0 Å². The van der Waals surface area contributed by atoms with Gasteiger partial charge in [-0.25, -0.2) is 18.2 Å². The Morgan fingerprint density at radius 2 is 2.19 bits per heavy atom. The second-order valence-electron chi connectivity index (χ2n) is 2.97. The zero-order chi connectivity index (χ0) is 12.3. The molecule has 88 valence electrons. The van der Waals surface area contributed by atoms with Gasteiger partial charge in [-0.3, -0.25) is 4.79 Å². The first kappa shape index (κ1) is 13.0. The van der Waals surface area contributed by atoms with E-state index in [0.29, 0.717) is 0 Å². The van der Waals surface area contributed by atoms with Crippen molar-refractivity contribution in [3.05, 3.63) is 28.8 Å². The van der Waals surface area contributed by atoms with Crippen LogP contribution >= 0.6 is 15.9 Å². The molecule has 0 aliphatic heterocycles. The number of nitrogens with zero attached hydrogens (tertiary/aromatic N) is 1. The fourth-order valence-corrected chi connectivity index (χ4v) is 1.56. The number of halogens is 4. The van der Waals surface area contributed by atoms with Crippen LogP contribution in [0, 0.1) is 5.82 Å². The number of carboxylic acids is 1. The van der Waals surface area contributed by atoms with E-state index in [2.05, 4.69) is 20.9 Å².